The predicted octanol–water partition coefficient (Wildman–Crippen LogP) is 6.16. The first-order valence-electron chi connectivity index (χ1n) is 12.4. The summed E-state index contributed by atoms with van der Waals surface area (Å²) in [5, 5.41) is 13.6. The minimum Gasteiger partial charge on any atom is -0.497 e. The van der Waals surface area contributed by atoms with Gasteiger partial charge >= 0.3 is 0 Å². The van der Waals surface area contributed by atoms with Crippen LogP contribution >= 0.6 is 11.8 Å². The maximum absolute atomic E-state index is 12.6. The first kappa shape index (κ1) is 25.9. The highest BCUT2D eigenvalue weighted by Crippen LogP contribution is 2.29. The summed E-state index contributed by atoms with van der Waals surface area (Å²) in [5.74, 6) is 1.34. The number of rotatable bonds is 9. The van der Waals surface area contributed by atoms with Gasteiger partial charge < -0.3 is 4.74 Å². The molecule has 5 rings (SSSR count). The Balaban J connectivity index is 1.26. The highest BCUT2D eigenvalue weighted by molar-refractivity contribution is 7.99. The molecule has 8 heteroatoms. The van der Waals surface area contributed by atoms with Crippen LogP contribution in [-0.4, -0.2) is 39.7 Å². The summed E-state index contributed by atoms with van der Waals surface area (Å²) in [6, 6.07) is 33.9. The molecule has 0 atom stereocenters. The van der Waals surface area contributed by atoms with Crippen molar-refractivity contribution in [2.24, 2.45) is 5.10 Å². The van der Waals surface area contributed by atoms with Crippen molar-refractivity contribution in [1.82, 2.24) is 20.2 Å². The van der Waals surface area contributed by atoms with Crippen molar-refractivity contribution in [2.45, 2.75) is 12.1 Å². The maximum atomic E-state index is 12.6. The fourth-order valence-electron chi connectivity index (χ4n) is 3.95. The average molecular weight is 534 g/mol. The monoisotopic (exact) mass is 533 g/mol. The van der Waals surface area contributed by atoms with Crippen molar-refractivity contribution in [2.75, 3.05) is 12.9 Å². The second-order valence-corrected chi connectivity index (χ2v) is 9.72. The third-order valence-corrected chi connectivity index (χ3v) is 6.96. The minimum absolute atomic E-state index is 0.131. The Kier molecular flexibility index (Phi) is 8.14. The molecule has 0 radical (unpaired) electrons. The average Bonchev–Trinajstić information content (AvgIpc) is 3.41. The van der Waals surface area contributed by atoms with E-state index in [9.17, 15) is 4.79 Å². The Hall–Kier alpha value is -4.69. The van der Waals surface area contributed by atoms with Crippen LogP contribution in [0, 0.1) is 6.92 Å². The second-order valence-electron chi connectivity index (χ2n) is 8.78. The van der Waals surface area contributed by atoms with E-state index in [0.29, 0.717) is 11.0 Å². The van der Waals surface area contributed by atoms with Crippen LogP contribution in [0.5, 0.6) is 5.75 Å². The van der Waals surface area contributed by atoms with Gasteiger partial charge in [-0.1, -0.05) is 96.2 Å². The van der Waals surface area contributed by atoms with Gasteiger partial charge in [-0.3, -0.25) is 9.36 Å². The third kappa shape index (κ3) is 6.42. The topological polar surface area (TPSA) is 81.4 Å². The number of benzene rings is 4. The quantitative estimate of drug-likeness (QED) is 0.139. The number of aryl methyl sites for hydroxylation is 1. The van der Waals surface area contributed by atoms with Gasteiger partial charge in [0.2, 0.25) is 0 Å². The van der Waals surface area contributed by atoms with Crippen molar-refractivity contribution >= 4 is 23.9 Å². The summed E-state index contributed by atoms with van der Waals surface area (Å²) < 4.78 is 7.25. The molecule has 0 saturated heterocycles. The molecule has 0 aliphatic heterocycles. The molecule has 1 amide bonds. The number of amides is 1. The molecule has 0 spiro atoms. The molecule has 4 aromatic carbocycles. The van der Waals surface area contributed by atoms with E-state index in [0.717, 1.165) is 39.3 Å². The van der Waals surface area contributed by atoms with Gasteiger partial charge in [0.1, 0.15) is 5.75 Å². The standard InChI is InChI=1S/C31H27N5O2S/c1-22-8-12-26(13-9-22)30-34-35-31(36(30)27-16-18-28(38-2)19-17-27)39-21-29(37)33-32-20-23-10-14-25(15-11-23)24-6-4-3-5-7-24/h3-20H,21H2,1-2H3,(H,33,37). The number of carbonyl (C=O) groups is 1. The van der Waals surface area contributed by atoms with Crippen molar-refractivity contribution in [3.8, 4) is 34.0 Å². The number of nitrogens with one attached hydrogen (secondary N) is 1. The van der Waals surface area contributed by atoms with Crippen LogP contribution in [0.25, 0.3) is 28.2 Å². The zero-order valence-corrected chi connectivity index (χ0v) is 22.4. The molecule has 0 aliphatic rings. The third-order valence-electron chi connectivity index (χ3n) is 6.03. The van der Waals surface area contributed by atoms with E-state index in [2.05, 4.69) is 32.9 Å². The lowest BCUT2D eigenvalue weighted by atomic mass is 10.0. The van der Waals surface area contributed by atoms with Gasteiger partial charge in [-0.2, -0.15) is 5.10 Å². The molecule has 0 bridgehead atoms. The molecule has 39 heavy (non-hydrogen) atoms. The molecule has 1 N–H and O–H groups in total. The normalized spacial score (nSPS) is 11.0. The molecule has 0 aliphatic carbocycles. The summed E-state index contributed by atoms with van der Waals surface area (Å²) in [4.78, 5) is 12.6. The molecule has 0 fully saturated rings. The zero-order valence-electron chi connectivity index (χ0n) is 21.6. The predicted molar refractivity (Wildman–Crippen MR) is 156 cm³/mol. The zero-order chi connectivity index (χ0) is 27.0. The van der Waals surface area contributed by atoms with Gasteiger partial charge in [0.15, 0.2) is 11.0 Å². The molecular weight excluding hydrogens is 506 g/mol. The summed E-state index contributed by atoms with van der Waals surface area (Å²) in [5.41, 5.74) is 8.74. The number of hydrazone groups is 1. The number of carbonyl (C=O) groups excluding carboxylic acids is 1. The first-order valence-corrected chi connectivity index (χ1v) is 13.4. The Bertz CT molecular complexity index is 1560. The lowest BCUT2D eigenvalue weighted by Gasteiger charge is -2.11. The van der Waals surface area contributed by atoms with E-state index in [1.54, 1.807) is 13.3 Å². The lowest BCUT2D eigenvalue weighted by molar-refractivity contribution is -0.118. The Morgan fingerprint density at radius 1 is 0.872 bits per heavy atom. The van der Waals surface area contributed by atoms with Crippen LogP contribution in [0.4, 0.5) is 0 Å². The summed E-state index contributed by atoms with van der Waals surface area (Å²) in [6.07, 6.45) is 1.63. The van der Waals surface area contributed by atoms with Gasteiger partial charge in [-0.25, -0.2) is 5.43 Å². The Morgan fingerprint density at radius 2 is 1.54 bits per heavy atom. The molecular formula is C31H27N5O2S. The van der Waals surface area contributed by atoms with Gasteiger partial charge in [-0.05, 0) is 47.9 Å². The number of nitrogens with zero attached hydrogens (tertiary/aromatic N) is 4. The number of thioether (sulfide) groups is 1. The summed E-state index contributed by atoms with van der Waals surface area (Å²) >= 11 is 1.30. The van der Waals surface area contributed by atoms with E-state index in [4.69, 9.17) is 4.74 Å². The Labute approximate surface area is 231 Å². The van der Waals surface area contributed by atoms with Crippen molar-refractivity contribution < 1.29 is 9.53 Å². The largest absolute Gasteiger partial charge is 0.497 e. The lowest BCUT2D eigenvalue weighted by Crippen LogP contribution is -2.20. The SMILES string of the molecule is COc1ccc(-n2c(SCC(=O)NN=Cc3ccc(-c4ccccc4)cc3)nnc2-c2ccc(C)cc2)cc1. The van der Waals surface area contributed by atoms with Crippen molar-refractivity contribution in [1.29, 1.82) is 0 Å². The number of ether oxygens (including phenoxy) is 1. The highest BCUT2D eigenvalue weighted by Gasteiger charge is 2.17. The number of hydrogen-bond donors (Lipinski definition) is 1. The van der Waals surface area contributed by atoms with Crippen LogP contribution < -0.4 is 10.2 Å². The van der Waals surface area contributed by atoms with Crippen LogP contribution in [0.1, 0.15) is 11.1 Å². The summed E-state index contributed by atoms with van der Waals surface area (Å²) in [7, 11) is 1.63. The van der Waals surface area contributed by atoms with Crippen LogP contribution in [0.15, 0.2) is 113 Å². The van der Waals surface area contributed by atoms with E-state index < -0.39 is 0 Å². The van der Waals surface area contributed by atoms with Gasteiger partial charge in [0.05, 0.1) is 19.1 Å². The highest BCUT2D eigenvalue weighted by atomic mass is 32.2. The smallest absolute Gasteiger partial charge is 0.250 e. The number of methoxy groups -OCH3 is 1. The van der Waals surface area contributed by atoms with E-state index >= 15 is 0 Å². The fraction of sp³-hybridized carbons (Fsp3) is 0.0968. The van der Waals surface area contributed by atoms with Crippen LogP contribution in [-0.2, 0) is 4.79 Å². The van der Waals surface area contributed by atoms with Gasteiger partial charge in [-0.15, -0.1) is 10.2 Å². The molecule has 1 aromatic heterocycles. The summed E-state index contributed by atoms with van der Waals surface area (Å²) in [6.45, 7) is 2.04. The van der Waals surface area contributed by atoms with Crippen molar-refractivity contribution in [3.63, 3.8) is 0 Å². The molecule has 7 nitrogen and oxygen atoms in total. The second kappa shape index (κ2) is 12.2. The van der Waals surface area contributed by atoms with Crippen LogP contribution in [0.3, 0.4) is 0 Å². The Morgan fingerprint density at radius 3 is 2.23 bits per heavy atom. The van der Waals surface area contributed by atoms with Gasteiger partial charge in [0, 0.05) is 11.3 Å². The van der Waals surface area contributed by atoms with Crippen LogP contribution in [0.2, 0.25) is 0 Å². The fourth-order valence-corrected chi connectivity index (χ4v) is 4.69. The minimum atomic E-state index is -0.238. The van der Waals surface area contributed by atoms with E-state index in [1.165, 1.54) is 11.8 Å². The van der Waals surface area contributed by atoms with E-state index in [1.807, 2.05) is 102 Å². The number of aromatic nitrogens is 3. The molecule has 194 valence electrons. The number of hydrogen-bond acceptors (Lipinski definition) is 6. The molecule has 1 heterocycles. The molecule has 0 saturated carbocycles. The van der Waals surface area contributed by atoms with E-state index in [-0.39, 0.29) is 11.7 Å². The van der Waals surface area contributed by atoms with Crippen molar-refractivity contribution in [3.05, 3.63) is 114 Å². The maximum Gasteiger partial charge on any atom is 0.250 e. The first-order chi connectivity index (χ1) is 19.1. The molecule has 5 aromatic rings. The molecule has 0 unspecified atom stereocenters. The van der Waals surface area contributed by atoms with Gasteiger partial charge in [0.25, 0.3) is 5.91 Å².